The number of benzene rings is 2. The van der Waals surface area contributed by atoms with E-state index >= 15 is 0 Å². The fraction of sp³-hybridized carbons (Fsp3) is 0.286. The molecule has 29 heavy (non-hydrogen) atoms. The molecule has 2 aromatic carbocycles. The topological polar surface area (TPSA) is 90.5 Å². The summed E-state index contributed by atoms with van der Waals surface area (Å²) >= 11 is 0. The Labute approximate surface area is 168 Å². The minimum Gasteiger partial charge on any atom is -0.347 e. The van der Waals surface area contributed by atoms with Gasteiger partial charge in [0.1, 0.15) is 5.82 Å². The lowest BCUT2D eigenvalue weighted by Crippen LogP contribution is -2.41. The molecule has 8 heteroatoms. The predicted molar refractivity (Wildman–Crippen MR) is 108 cm³/mol. The van der Waals surface area contributed by atoms with Crippen molar-refractivity contribution in [3.05, 3.63) is 59.4 Å². The number of carbonyl (C=O) groups excluding carboxylic acids is 3. The average molecular weight is 398 g/mol. The monoisotopic (exact) mass is 398 g/mol. The molecule has 0 saturated heterocycles. The quantitative estimate of drug-likeness (QED) is 0.671. The number of anilines is 2. The molecule has 0 atom stereocenters. The molecule has 0 spiro atoms. The molecular formula is C21H23FN4O3. The third kappa shape index (κ3) is 5.61. The van der Waals surface area contributed by atoms with Gasteiger partial charge in [0.25, 0.3) is 0 Å². The van der Waals surface area contributed by atoms with Gasteiger partial charge in [-0.2, -0.15) is 0 Å². The molecule has 3 rings (SSSR count). The Morgan fingerprint density at radius 2 is 1.79 bits per heavy atom. The van der Waals surface area contributed by atoms with Crippen molar-refractivity contribution in [2.75, 3.05) is 30.3 Å². The molecule has 1 heterocycles. The first-order valence-electron chi connectivity index (χ1n) is 9.38. The molecule has 2 aromatic rings. The molecule has 0 aliphatic carbocycles. The van der Waals surface area contributed by atoms with Crippen LogP contribution in [0.2, 0.25) is 0 Å². The molecule has 3 N–H and O–H groups in total. The SMILES string of the molecule is CC(=O)Nc1ccc(F)c(NC(=O)C(=O)NCCN2CCc3ccccc3C2)c1. The second kappa shape index (κ2) is 9.29. The summed E-state index contributed by atoms with van der Waals surface area (Å²) < 4.78 is 13.9. The van der Waals surface area contributed by atoms with Crippen LogP contribution < -0.4 is 16.0 Å². The van der Waals surface area contributed by atoms with Crippen molar-refractivity contribution in [3.8, 4) is 0 Å². The lowest BCUT2D eigenvalue weighted by molar-refractivity contribution is -0.136. The van der Waals surface area contributed by atoms with Crippen LogP contribution in [0.4, 0.5) is 15.8 Å². The highest BCUT2D eigenvalue weighted by Gasteiger charge is 2.18. The number of nitrogens with zero attached hydrogens (tertiary/aromatic N) is 1. The second-order valence-electron chi connectivity index (χ2n) is 6.88. The van der Waals surface area contributed by atoms with E-state index in [2.05, 4.69) is 33.0 Å². The number of fused-ring (bicyclic) bond motifs is 1. The fourth-order valence-electron chi connectivity index (χ4n) is 3.23. The zero-order valence-electron chi connectivity index (χ0n) is 16.1. The van der Waals surface area contributed by atoms with E-state index in [1.165, 1.54) is 30.2 Å². The number of rotatable bonds is 5. The molecular weight excluding hydrogens is 375 g/mol. The maximum Gasteiger partial charge on any atom is 0.313 e. The van der Waals surface area contributed by atoms with E-state index in [1.807, 2.05) is 12.1 Å². The van der Waals surface area contributed by atoms with Crippen molar-refractivity contribution < 1.29 is 18.8 Å². The van der Waals surface area contributed by atoms with Crippen LogP contribution in [0.5, 0.6) is 0 Å². The van der Waals surface area contributed by atoms with E-state index in [9.17, 15) is 18.8 Å². The van der Waals surface area contributed by atoms with Crippen LogP contribution in [0, 0.1) is 5.82 Å². The van der Waals surface area contributed by atoms with E-state index < -0.39 is 17.6 Å². The van der Waals surface area contributed by atoms with Crippen LogP contribution in [0.1, 0.15) is 18.1 Å². The first kappa shape index (κ1) is 20.5. The van der Waals surface area contributed by atoms with Crippen LogP contribution in [-0.4, -0.2) is 42.3 Å². The molecule has 3 amide bonds. The van der Waals surface area contributed by atoms with Crippen molar-refractivity contribution in [1.82, 2.24) is 10.2 Å². The third-order valence-corrected chi connectivity index (χ3v) is 4.66. The minimum absolute atomic E-state index is 0.177. The lowest BCUT2D eigenvalue weighted by atomic mass is 10.00. The molecule has 0 unspecified atom stereocenters. The molecule has 1 aliphatic heterocycles. The summed E-state index contributed by atoms with van der Waals surface area (Å²) in [6.45, 7) is 3.93. The number of halogens is 1. The number of hydrogen-bond donors (Lipinski definition) is 3. The van der Waals surface area contributed by atoms with E-state index in [0.717, 1.165) is 25.6 Å². The highest BCUT2D eigenvalue weighted by atomic mass is 19.1. The molecule has 1 aliphatic rings. The number of amides is 3. The van der Waals surface area contributed by atoms with Gasteiger partial charge in [-0.05, 0) is 35.7 Å². The summed E-state index contributed by atoms with van der Waals surface area (Å²) in [7, 11) is 0. The number of carbonyl (C=O) groups is 3. The zero-order chi connectivity index (χ0) is 20.8. The van der Waals surface area contributed by atoms with Gasteiger partial charge in [-0.3, -0.25) is 19.3 Å². The van der Waals surface area contributed by atoms with Crippen LogP contribution in [0.25, 0.3) is 0 Å². The van der Waals surface area contributed by atoms with Gasteiger partial charge in [0.15, 0.2) is 0 Å². The van der Waals surface area contributed by atoms with Gasteiger partial charge in [0.2, 0.25) is 5.91 Å². The molecule has 0 bridgehead atoms. The van der Waals surface area contributed by atoms with Crippen LogP contribution in [-0.2, 0) is 27.3 Å². The van der Waals surface area contributed by atoms with Gasteiger partial charge < -0.3 is 16.0 Å². The predicted octanol–water partition coefficient (Wildman–Crippen LogP) is 1.90. The Morgan fingerprint density at radius 3 is 2.55 bits per heavy atom. The molecule has 0 saturated carbocycles. The summed E-state index contributed by atoms with van der Waals surface area (Å²) in [6.07, 6.45) is 0.953. The van der Waals surface area contributed by atoms with E-state index in [0.29, 0.717) is 18.8 Å². The highest BCUT2D eigenvalue weighted by Crippen LogP contribution is 2.20. The average Bonchev–Trinajstić information content (AvgIpc) is 2.70. The first-order chi connectivity index (χ1) is 13.9. The van der Waals surface area contributed by atoms with Gasteiger partial charge in [0.05, 0.1) is 5.69 Å². The number of hydrogen-bond acceptors (Lipinski definition) is 4. The smallest absolute Gasteiger partial charge is 0.313 e. The van der Waals surface area contributed by atoms with Gasteiger partial charge in [-0.25, -0.2) is 4.39 Å². The zero-order valence-corrected chi connectivity index (χ0v) is 16.1. The Bertz CT molecular complexity index is 932. The van der Waals surface area contributed by atoms with Crippen LogP contribution in [0.3, 0.4) is 0 Å². The Hall–Kier alpha value is -3.26. The van der Waals surface area contributed by atoms with E-state index in [4.69, 9.17) is 0 Å². The molecule has 0 aromatic heterocycles. The number of nitrogens with one attached hydrogen (secondary N) is 3. The highest BCUT2D eigenvalue weighted by molar-refractivity contribution is 6.39. The molecule has 0 fully saturated rings. The third-order valence-electron chi connectivity index (χ3n) is 4.66. The van der Waals surface area contributed by atoms with E-state index in [1.54, 1.807) is 0 Å². The fourth-order valence-corrected chi connectivity index (χ4v) is 3.23. The van der Waals surface area contributed by atoms with Crippen LogP contribution >= 0.6 is 0 Å². The normalized spacial score (nSPS) is 13.3. The van der Waals surface area contributed by atoms with Gasteiger partial charge >= 0.3 is 11.8 Å². The van der Waals surface area contributed by atoms with Crippen molar-refractivity contribution in [2.45, 2.75) is 19.9 Å². The second-order valence-corrected chi connectivity index (χ2v) is 6.88. The van der Waals surface area contributed by atoms with Crippen molar-refractivity contribution in [1.29, 1.82) is 0 Å². The van der Waals surface area contributed by atoms with Crippen molar-refractivity contribution in [2.24, 2.45) is 0 Å². The maximum absolute atomic E-state index is 13.9. The minimum atomic E-state index is -0.965. The largest absolute Gasteiger partial charge is 0.347 e. The molecule has 152 valence electrons. The first-order valence-corrected chi connectivity index (χ1v) is 9.38. The molecule has 0 radical (unpaired) electrons. The molecule has 7 nitrogen and oxygen atoms in total. The Kier molecular flexibility index (Phi) is 6.56. The lowest BCUT2D eigenvalue weighted by Gasteiger charge is -2.28. The van der Waals surface area contributed by atoms with E-state index in [-0.39, 0.29) is 11.6 Å². The summed E-state index contributed by atoms with van der Waals surface area (Å²) in [5.74, 6) is -2.83. The summed E-state index contributed by atoms with van der Waals surface area (Å²) in [5, 5.41) is 7.28. The summed E-state index contributed by atoms with van der Waals surface area (Å²) in [5.41, 5.74) is 2.76. The Balaban J connectivity index is 1.48. The van der Waals surface area contributed by atoms with Crippen LogP contribution in [0.15, 0.2) is 42.5 Å². The van der Waals surface area contributed by atoms with Gasteiger partial charge in [-0.1, -0.05) is 24.3 Å². The van der Waals surface area contributed by atoms with Gasteiger partial charge in [-0.15, -0.1) is 0 Å². The Morgan fingerprint density at radius 1 is 1.03 bits per heavy atom. The van der Waals surface area contributed by atoms with Crippen molar-refractivity contribution >= 4 is 29.1 Å². The standard InChI is InChI=1S/C21H23FN4O3/c1-14(27)24-17-6-7-18(22)19(12-17)25-21(29)20(28)23-9-11-26-10-8-15-4-2-3-5-16(15)13-26/h2-7,12H,8-11,13H2,1H3,(H,23,28)(H,24,27)(H,25,29). The van der Waals surface area contributed by atoms with Crippen molar-refractivity contribution in [3.63, 3.8) is 0 Å². The summed E-state index contributed by atoms with van der Waals surface area (Å²) in [4.78, 5) is 37.4. The van der Waals surface area contributed by atoms with Gasteiger partial charge in [0, 0.05) is 38.8 Å². The summed E-state index contributed by atoms with van der Waals surface area (Å²) in [6, 6.07) is 12.0. The maximum atomic E-state index is 13.9.